The molecule has 9 nitrogen and oxygen atoms in total. The van der Waals surface area contributed by atoms with Crippen molar-refractivity contribution in [2.75, 3.05) is 31.1 Å². The number of rotatable bonds is 6. The van der Waals surface area contributed by atoms with E-state index in [0.29, 0.717) is 44.1 Å². The maximum absolute atomic E-state index is 13.8. The molecule has 1 aromatic carbocycles. The fourth-order valence-electron chi connectivity index (χ4n) is 4.28. The molecule has 2 unspecified atom stereocenters. The maximum atomic E-state index is 13.8. The summed E-state index contributed by atoms with van der Waals surface area (Å²) in [6.45, 7) is 4.36. The summed E-state index contributed by atoms with van der Waals surface area (Å²) in [7, 11) is -3.40. The van der Waals surface area contributed by atoms with Gasteiger partial charge in [-0.15, -0.1) is 0 Å². The van der Waals surface area contributed by atoms with E-state index in [2.05, 4.69) is 5.10 Å². The summed E-state index contributed by atoms with van der Waals surface area (Å²) >= 11 is 0. The highest BCUT2D eigenvalue weighted by atomic mass is 32.2. The smallest absolute Gasteiger partial charge is 0.316 e. The molecule has 1 aromatic heterocycles. The van der Waals surface area contributed by atoms with Crippen LogP contribution in [-0.4, -0.2) is 71.2 Å². The second-order valence-corrected chi connectivity index (χ2v) is 11.4. The van der Waals surface area contributed by atoms with Gasteiger partial charge in [0.2, 0.25) is 15.8 Å². The van der Waals surface area contributed by atoms with Gasteiger partial charge in [-0.05, 0) is 38.8 Å². The Morgan fingerprint density at radius 1 is 1.09 bits per heavy atom. The summed E-state index contributed by atoms with van der Waals surface area (Å²) < 4.78 is 60.9. The molecular weight excluding hydrogens is 470 g/mol. The topological polar surface area (TPSA) is 105 Å². The summed E-state index contributed by atoms with van der Waals surface area (Å²) in [6, 6.07) is 2.69. The minimum Gasteiger partial charge on any atom is -0.483 e. The molecule has 2 aliphatic rings. The second kappa shape index (κ2) is 9.59. The average molecular weight is 499 g/mol. The van der Waals surface area contributed by atoms with Crippen molar-refractivity contribution >= 4 is 15.7 Å². The van der Waals surface area contributed by atoms with Crippen LogP contribution in [-0.2, 0) is 10.0 Å². The first-order valence-electron chi connectivity index (χ1n) is 11.2. The number of anilines is 1. The van der Waals surface area contributed by atoms with Crippen molar-refractivity contribution in [3.05, 3.63) is 46.4 Å². The van der Waals surface area contributed by atoms with Crippen LogP contribution in [0.15, 0.2) is 29.2 Å². The van der Waals surface area contributed by atoms with Gasteiger partial charge in [-0.3, -0.25) is 4.79 Å². The number of ether oxygens (including phenoxy) is 1. The molecule has 0 radical (unpaired) electrons. The van der Waals surface area contributed by atoms with E-state index in [0.717, 1.165) is 16.8 Å². The van der Waals surface area contributed by atoms with Gasteiger partial charge in [0.25, 0.3) is 0 Å². The molecular formula is C22H28F2N4O5S. The van der Waals surface area contributed by atoms with Crippen molar-refractivity contribution < 1.29 is 27.0 Å². The number of aliphatic hydroxyl groups is 1. The lowest BCUT2D eigenvalue weighted by molar-refractivity contribution is 0.148. The van der Waals surface area contributed by atoms with E-state index >= 15 is 0 Å². The minimum atomic E-state index is -3.40. The van der Waals surface area contributed by atoms with E-state index in [9.17, 15) is 27.1 Å². The van der Waals surface area contributed by atoms with Crippen LogP contribution in [0.5, 0.6) is 5.75 Å². The van der Waals surface area contributed by atoms with Crippen molar-refractivity contribution in [3.8, 4) is 11.4 Å². The molecule has 1 saturated heterocycles. The van der Waals surface area contributed by atoms with Crippen molar-refractivity contribution in [1.82, 2.24) is 14.1 Å². The lowest BCUT2D eigenvalue weighted by Gasteiger charge is -2.36. The molecule has 0 amide bonds. The van der Waals surface area contributed by atoms with Gasteiger partial charge in [0.05, 0.1) is 23.2 Å². The molecule has 2 heterocycles. The third-order valence-electron chi connectivity index (χ3n) is 6.18. The molecule has 0 spiro atoms. The molecule has 34 heavy (non-hydrogen) atoms. The number of benzene rings is 1. The first-order chi connectivity index (χ1) is 16.1. The monoisotopic (exact) mass is 498 g/mol. The zero-order valence-electron chi connectivity index (χ0n) is 19.0. The van der Waals surface area contributed by atoms with Crippen molar-refractivity contribution in [3.63, 3.8) is 0 Å². The summed E-state index contributed by atoms with van der Waals surface area (Å²) in [5, 5.41) is 13.5. The third-order valence-corrected chi connectivity index (χ3v) is 8.46. The van der Waals surface area contributed by atoms with E-state index in [1.165, 1.54) is 10.5 Å². The van der Waals surface area contributed by atoms with Gasteiger partial charge >= 0.3 is 5.56 Å². The van der Waals surface area contributed by atoms with E-state index in [1.54, 1.807) is 13.8 Å². The molecule has 2 atom stereocenters. The molecule has 186 valence electrons. The first kappa shape index (κ1) is 24.6. The van der Waals surface area contributed by atoms with Crippen LogP contribution in [0.3, 0.4) is 0 Å². The number of sulfonamides is 1. The third kappa shape index (κ3) is 4.93. The molecule has 1 N–H and O–H groups in total. The maximum Gasteiger partial charge on any atom is 0.316 e. The number of piperazine rings is 1. The van der Waals surface area contributed by atoms with Gasteiger partial charge in [0, 0.05) is 38.7 Å². The fourth-order valence-corrected chi connectivity index (χ4v) is 5.55. The Labute approximate surface area is 196 Å². The van der Waals surface area contributed by atoms with Crippen LogP contribution in [0.2, 0.25) is 0 Å². The fraction of sp³-hybridized carbons (Fsp3) is 0.545. The Balaban J connectivity index is 1.68. The van der Waals surface area contributed by atoms with E-state index in [-0.39, 0.29) is 24.5 Å². The summed E-state index contributed by atoms with van der Waals surface area (Å²) in [5.74, 6) is -1.74. The highest BCUT2D eigenvalue weighted by molar-refractivity contribution is 7.89. The van der Waals surface area contributed by atoms with Gasteiger partial charge in [-0.25, -0.2) is 17.2 Å². The van der Waals surface area contributed by atoms with Crippen LogP contribution in [0.1, 0.15) is 33.1 Å². The number of aliphatic hydroxyl groups excluding tert-OH is 1. The van der Waals surface area contributed by atoms with Gasteiger partial charge < -0.3 is 14.7 Å². The van der Waals surface area contributed by atoms with Crippen LogP contribution in [0.25, 0.3) is 5.69 Å². The van der Waals surface area contributed by atoms with Crippen molar-refractivity contribution in [1.29, 1.82) is 0 Å². The Bertz CT molecular complexity index is 1190. The van der Waals surface area contributed by atoms with Gasteiger partial charge in [-0.2, -0.15) is 14.1 Å². The Morgan fingerprint density at radius 3 is 2.29 bits per heavy atom. The highest BCUT2D eigenvalue weighted by Crippen LogP contribution is 2.31. The molecule has 12 heteroatoms. The highest BCUT2D eigenvalue weighted by Gasteiger charge is 2.32. The summed E-state index contributed by atoms with van der Waals surface area (Å²) in [5.41, 5.74) is -0.402. The number of hydrogen-bond donors (Lipinski definition) is 1. The standard InChI is InChI=1S/C22H28F2N4O5S/c1-14(2)34(31,32)27-7-5-26(6-8-27)20-13-25-28(17-10-15(23)9-16(24)11-17)22(30)21(20)33-19-4-3-18(29)12-19/h9-11,13-14,18-19,29H,3-8,12H2,1-2H3. The second-order valence-electron chi connectivity index (χ2n) is 8.89. The van der Waals surface area contributed by atoms with Crippen LogP contribution < -0.4 is 15.2 Å². The van der Waals surface area contributed by atoms with E-state index < -0.39 is 44.7 Å². The zero-order valence-corrected chi connectivity index (χ0v) is 19.8. The molecule has 1 aliphatic carbocycles. The SMILES string of the molecule is CC(C)S(=O)(=O)N1CCN(c2cnn(-c3cc(F)cc(F)c3)c(=O)c2OC2CCC(O)C2)CC1. The van der Waals surface area contributed by atoms with E-state index in [4.69, 9.17) is 4.74 Å². The van der Waals surface area contributed by atoms with Crippen molar-refractivity contribution in [2.45, 2.75) is 50.6 Å². The predicted octanol–water partition coefficient (Wildman–Crippen LogP) is 1.66. The molecule has 4 rings (SSSR count). The Hall–Kier alpha value is -2.57. The first-order valence-corrected chi connectivity index (χ1v) is 12.7. The summed E-state index contributed by atoms with van der Waals surface area (Å²) in [6.07, 6.45) is 1.91. The summed E-state index contributed by atoms with van der Waals surface area (Å²) in [4.78, 5) is 15.2. The lowest BCUT2D eigenvalue weighted by atomic mass is 10.2. The molecule has 0 bridgehead atoms. The quantitative estimate of drug-likeness (QED) is 0.646. The Kier molecular flexibility index (Phi) is 6.92. The average Bonchev–Trinajstić information content (AvgIpc) is 3.19. The van der Waals surface area contributed by atoms with Crippen LogP contribution in [0, 0.1) is 11.6 Å². The molecule has 2 fully saturated rings. The normalized spacial score (nSPS) is 21.9. The number of nitrogens with zero attached hydrogens (tertiary/aromatic N) is 4. The largest absolute Gasteiger partial charge is 0.483 e. The van der Waals surface area contributed by atoms with Crippen LogP contribution >= 0.6 is 0 Å². The van der Waals surface area contributed by atoms with Crippen molar-refractivity contribution in [2.24, 2.45) is 0 Å². The van der Waals surface area contributed by atoms with Gasteiger partial charge in [-0.1, -0.05) is 0 Å². The molecule has 2 aromatic rings. The lowest BCUT2D eigenvalue weighted by Crippen LogP contribution is -2.50. The Morgan fingerprint density at radius 2 is 1.74 bits per heavy atom. The van der Waals surface area contributed by atoms with Crippen LogP contribution in [0.4, 0.5) is 14.5 Å². The molecule has 1 aliphatic heterocycles. The number of aromatic nitrogens is 2. The molecule has 1 saturated carbocycles. The number of hydrogen-bond acceptors (Lipinski definition) is 7. The number of halogens is 2. The minimum absolute atomic E-state index is 0.0427. The van der Waals surface area contributed by atoms with Gasteiger partial charge in [0.1, 0.15) is 23.4 Å². The van der Waals surface area contributed by atoms with E-state index in [1.807, 2.05) is 4.90 Å². The predicted molar refractivity (Wildman–Crippen MR) is 122 cm³/mol. The van der Waals surface area contributed by atoms with Gasteiger partial charge in [0.15, 0.2) is 0 Å². The zero-order chi connectivity index (χ0) is 24.6.